The summed E-state index contributed by atoms with van der Waals surface area (Å²) >= 11 is 0. The maximum Gasteiger partial charge on any atom is 0.314 e. The zero-order valence-electron chi connectivity index (χ0n) is 14.5. The molecule has 0 saturated carbocycles. The number of hydrogen-bond donors (Lipinski definition) is 2. The van der Waals surface area contributed by atoms with Gasteiger partial charge in [-0.05, 0) is 25.3 Å². The smallest absolute Gasteiger partial charge is 0.314 e. The van der Waals surface area contributed by atoms with E-state index in [1.54, 1.807) is 4.68 Å². The van der Waals surface area contributed by atoms with Crippen LogP contribution in [0.1, 0.15) is 25.8 Å². The van der Waals surface area contributed by atoms with Crippen LogP contribution in [0.25, 0.3) is 0 Å². The van der Waals surface area contributed by atoms with Crippen LogP contribution in [0.15, 0.2) is 12.4 Å². The summed E-state index contributed by atoms with van der Waals surface area (Å²) in [5.41, 5.74) is 1.10. The third-order valence-electron chi connectivity index (χ3n) is 4.62. The summed E-state index contributed by atoms with van der Waals surface area (Å²) in [5, 5.41) is 10.0. The Hall–Kier alpha value is -1.60. The molecule has 2 amide bonds. The van der Waals surface area contributed by atoms with Crippen LogP contribution in [-0.4, -0.2) is 65.6 Å². The lowest BCUT2D eigenvalue weighted by Gasteiger charge is -2.43. The average Bonchev–Trinajstić information content (AvgIpc) is 2.99. The maximum atomic E-state index is 12.0. The van der Waals surface area contributed by atoms with Gasteiger partial charge in [0, 0.05) is 45.0 Å². The van der Waals surface area contributed by atoms with E-state index in [-0.39, 0.29) is 11.6 Å². The van der Waals surface area contributed by atoms with Gasteiger partial charge in [0.15, 0.2) is 0 Å². The number of nitrogens with zero attached hydrogens (tertiary/aromatic N) is 3. The van der Waals surface area contributed by atoms with Crippen LogP contribution in [-0.2, 0) is 18.2 Å². The molecular formula is C16H29N5O2. The first kappa shape index (κ1) is 17.7. The van der Waals surface area contributed by atoms with E-state index in [0.29, 0.717) is 13.1 Å². The van der Waals surface area contributed by atoms with Crippen molar-refractivity contribution in [3.8, 4) is 0 Å². The number of rotatable bonds is 7. The molecule has 1 aliphatic rings. The van der Waals surface area contributed by atoms with Crippen molar-refractivity contribution in [2.45, 2.75) is 32.2 Å². The van der Waals surface area contributed by atoms with Crippen LogP contribution in [0.3, 0.4) is 0 Å². The highest BCUT2D eigenvalue weighted by molar-refractivity contribution is 5.73. The predicted molar refractivity (Wildman–Crippen MR) is 89.4 cm³/mol. The van der Waals surface area contributed by atoms with Crippen LogP contribution in [0, 0.1) is 0 Å². The highest BCUT2D eigenvalue weighted by Crippen LogP contribution is 2.19. The number of urea groups is 1. The SMILES string of the molecule is CC[C@@](C)(CNC(=O)NCCc1cnn(C)c1)N1CCOCC1. The van der Waals surface area contributed by atoms with E-state index in [0.717, 1.165) is 44.7 Å². The van der Waals surface area contributed by atoms with Crippen LogP contribution >= 0.6 is 0 Å². The highest BCUT2D eigenvalue weighted by Gasteiger charge is 2.31. The van der Waals surface area contributed by atoms with Gasteiger partial charge < -0.3 is 15.4 Å². The summed E-state index contributed by atoms with van der Waals surface area (Å²) in [7, 11) is 1.89. The Morgan fingerprint density at radius 3 is 2.74 bits per heavy atom. The molecule has 1 atom stereocenters. The molecule has 0 aromatic carbocycles. The monoisotopic (exact) mass is 323 g/mol. The van der Waals surface area contributed by atoms with Gasteiger partial charge in [0.2, 0.25) is 0 Å². The van der Waals surface area contributed by atoms with Crippen molar-refractivity contribution in [2.75, 3.05) is 39.4 Å². The quantitative estimate of drug-likeness (QED) is 0.777. The number of carbonyl (C=O) groups excluding carboxylic acids is 1. The van der Waals surface area contributed by atoms with Gasteiger partial charge in [-0.2, -0.15) is 5.10 Å². The van der Waals surface area contributed by atoms with Crippen molar-refractivity contribution in [1.82, 2.24) is 25.3 Å². The predicted octanol–water partition coefficient (Wildman–Crippen LogP) is 0.763. The maximum absolute atomic E-state index is 12.0. The minimum atomic E-state index is -0.109. The number of ether oxygens (including phenoxy) is 1. The van der Waals surface area contributed by atoms with Gasteiger partial charge >= 0.3 is 6.03 Å². The standard InChI is InChI=1S/C16H29N5O2/c1-4-16(2,21-7-9-23-10-8-21)13-18-15(22)17-6-5-14-11-19-20(3)12-14/h11-12H,4-10,13H2,1-3H3,(H2,17,18,22)/t16-/m0/s1. The van der Waals surface area contributed by atoms with Gasteiger partial charge in [-0.15, -0.1) is 0 Å². The lowest BCUT2D eigenvalue weighted by Crippen LogP contribution is -2.57. The third-order valence-corrected chi connectivity index (χ3v) is 4.62. The Kier molecular flexibility index (Phi) is 6.41. The third kappa shape index (κ3) is 5.21. The van der Waals surface area contributed by atoms with Gasteiger partial charge in [0.25, 0.3) is 0 Å². The lowest BCUT2D eigenvalue weighted by atomic mass is 9.95. The number of carbonyl (C=O) groups is 1. The normalized spacial score (nSPS) is 18.4. The van der Waals surface area contributed by atoms with Gasteiger partial charge in [-0.25, -0.2) is 4.79 Å². The molecule has 0 bridgehead atoms. The molecule has 130 valence electrons. The Bertz CT molecular complexity index is 498. The molecule has 2 heterocycles. The molecule has 7 nitrogen and oxygen atoms in total. The van der Waals surface area contributed by atoms with E-state index in [9.17, 15) is 4.79 Å². The van der Waals surface area contributed by atoms with Crippen molar-refractivity contribution in [2.24, 2.45) is 7.05 Å². The topological polar surface area (TPSA) is 71.4 Å². The molecular weight excluding hydrogens is 294 g/mol. The van der Waals surface area contributed by atoms with E-state index in [1.165, 1.54) is 0 Å². The zero-order valence-corrected chi connectivity index (χ0v) is 14.5. The zero-order chi connectivity index (χ0) is 16.7. The van der Waals surface area contributed by atoms with E-state index in [4.69, 9.17) is 4.74 Å². The number of morpholine rings is 1. The second-order valence-corrected chi connectivity index (χ2v) is 6.33. The van der Waals surface area contributed by atoms with Crippen LogP contribution in [0.5, 0.6) is 0 Å². The largest absolute Gasteiger partial charge is 0.379 e. The Morgan fingerprint density at radius 2 is 2.13 bits per heavy atom. The van der Waals surface area contributed by atoms with E-state index in [1.807, 2.05) is 19.4 Å². The minimum Gasteiger partial charge on any atom is -0.379 e. The Labute approximate surface area is 138 Å². The molecule has 1 saturated heterocycles. The van der Waals surface area contributed by atoms with E-state index < -0.39 is 0 Å². The number of nitrogens with one attached hydrogen (secondary N) is 2. The molecule has 2 N–H and O–H groups in total. The lowest BCUT2D eigenvalue weighted by molar-refractivity contribution is -0.0164. The molecule has 1 fully saturated rings. The first-order chi connectivity index (χ1) is 11.0. The van der Waals surface area contributed by atoms with E-state index in [2.05, 4.69) is 34.5 Å². The first-order valence-electron chi connectivity index (χ1n) is 8.35. The average molecular weight is 323 g/mol. The van der Waals surface area contributed by atoms with Crippen molar-refractivity contribution in [1.29, 1.82) is 0 Å². The summed E-state index contributed by atoms with van der Waals surface area (Å²) in [5.74, 6) is 0. The summed E-state index contributed by atoms with van der Waals surface area (Å²) in [6.45, 7) is 9.01. The molecule has 0 aliphatic carbocycles. The number of aryl methyl sites for hydroxylation is 1. The fraction of sp³-hybridized carbons (Fsp3) is 0.750. The summed E-state index contributed by atoms with van der Waals surface area (Å²) in [6, 6.07) is -0.109. The summed E-state index contributed by atoms with van der Waals surface area (Å²) < 4.78 is 7.18. The highest BCUT2D eigenvalue weighted by atomic mass is 16.5. The van der Waals surface area contributed by atoms with Crippen molar-refractivity contribution < 1.29 is 9.53 Å². The second kappa shape index (κ2) is 8.31. The number of hydrogen-bond acceptors (Lipinski definition) is 4. The van der Waals surface area contributed by atoms with Crippen molar-refractivity contribution >= 4 is 6.03 Å². The molecule has 0 unspecified atom stereocenters. The molecule has 0 spiro atoms. The van der Waals surface area contributed by atoms with E-state index >= 15 is 0 Å². The molecule has 1 aromatic rings. The molecule has 2 rings (SSSR count). The number of aromatic nitrogens is 2. The van der Waals surface area contributed by atoms with Gasteiger partial charge in [0.05, 0.1) is 19.4 Å². The minimum absolute atomic E-state index is 0.0233. The van der Waals surface area contributed by atoms with Crippen molar-refractivity contribution in [3.63, 3.8) is 0 Å². The molecule has 7 heteroatoms. The number of amides is 2. The van der Waals surface area contributed by atoms with Gasteiger partial charge in [-0.3, -0.25) is 9.58 Å². The Morgan fingerprint density at radius 1 is 1.39 bits per heavy atom. The summed E-state index contributed by atoms with van der Waals surface area (Å²) in [6.07, 6.45) is 5.57. The van der Waals surface area contributed by atoms with Crippen molar-refractivity contribution in [3.05, 3.63) is 18.0 Å². The molecule has 1 aliphatic heterocycles. The molecule has 0 radical (unpaired) electrons. The fourth-order valence-electron chi connectivity index (χ4n) is 2.82. The Balaban J connectivity index is 1.71. The van der Waals surface area contributed by atoms with Crippen LogP contribution in [0.4, 0.5) is 4.79 Å². The fourth-order valence-corrected chi connectivity index (χ4v) is 2.82. The second-order valence-electron chi connectivity index (χ2n) is 6.33. The van der Waals surface area contributed by atoms with Gasteiger partial charge in [-0.1, -0.05) is 6.92 Å². The molecule has 23 heavy (non-hydrogen) atoms. The van der Waals surface area contributed by atoms with Crippen LogP contribution < -0.4 is 10.6 Å². The summed E-state index contributed by atoms with van der Waals surface area (Å²) in [4.78, 5) is 14.4. The van der Waals surface area contributed by atoms with Crippen LogP contribution in [0.2, 0.25) is 0 Å². The molecule has 1 aromatic heterocycles. The van der Waals surface area contributed by atoms with Gasteiger partial charge in [0.1, 0.15) is 0 Å². The first-order valence-corrected chi connectivity index (χ1v) is 8.35.